The van der Waals surface area contributed by atoms with Gasteiger partial charge >= 0.3 is 59.7 Å². The summed E-state index contributed by atoms with van der Waals surface area (Å²) in [7, 11) is 0. The van der Waals surface area contributed by atoms with E-state index < -0.39 is 0 Å². The Bertz CT molecular complexity index is 268. The standard InChI is InChI=1S/C5H5N2OSe/c1-3-2-6-5(8)7-4(3)9/h2H,1H3,(H,6,7,8). The van der Waals surface area contributed by atoms with E-state index in [2.05, 4.69) is 26.0 Å². The molecule has 1 aromatic rings. The van der Waals surface area contributed by atoms with Gasteiger partial charge in [0, 0.05) is 0 Å². The molecule has 3 nitrogen and oxygen atoms in total. The predicted molar refractivity (Wildman–Crippen MR) is 35.0 cm³/mol. The van der Waals surface area contributed by atoms with Crippen molar-refractivity contribution < 1.29 is 0 Å². The molecule has 0 spiro atoms. The number of aromatic nitrogens is 2. The summed E-state index contributed by atoms with van der Waals surface area (Å²) < 4.78 is 0.759. The van der Waals surface area contributed by atoms with Crippen LogP contribution in [0.1, 0.15) is 5.56 Å². The van der Waals surface area contributed by atoms with Crippen LogP contribution in [-0.4, -0.2) is 26.0 Å². The molecule has 0 aliphatic heterocycles. The van der Waals surface area contributed by atoms with Gasteiger partial charge in [-0.1, -0.05) is 0 Å². The third-order valence-corrected chi connectivity index (χ3v) is 1.84. The second-order valence-electron chi connectivity index (χ2n) is 1.70. The van der Waals surface area contributed by atoms with Crippen molar-refractivity contribution in [3.8, 4) is 0 Å². The Morgan fingerprint density at radius 1 is 1.78 bits per heavy atom. The first-order valence-electron chi connectivity index (χ1n) is 2.43. The van der Waals surface area contributed by atoms with Crippen LogP contribution in [0.2, 0.25) is 0 Å². The maximum atomic E-state index is 10.5. The molecule has 0 aromatic carbocycles. The summed E-state index contributed by atoms with van der Waals surface area (Å²) in [4.78, 5) is 16.5. The molecule has 9 heavy (non-hydrogen) atoms. The Morgan fingerprint density at radius 2 is 2.44 bits per heavy atom. The molecule has 1 N–H and O–H groups in total. The van der Waals surface area contributed by atoms with Gasteiger partial charge in [-0.25, -0.2) is 0 Å². The Balaban J connectivity index is 3.34. The fraction of sp³-hybridized carbons (Fsp3) is 0.200. The number of rotatable bonds is 0. The van der Waals surface area contributed by atoms with Gasteiger partial charge in [-0.15, -0.1) is 0 Å². The number of H-pyrrole nitrogens is 1. The van der Waals surface area contributed by atoms with Crippen LogP contribution in [0.25, 0.3) is 0 Å². The number of nitrogens with one attached hydrogen (secondary N) is 1. The van der Waals surface area contributed by atoms with E-state index in [1.165, 1.54) is 6.20 Å². The van der Waals surface area contributed by atoms with Crippen molar-refractivity contribution in [3.05, 3.63) is 22.2 Å². The molecule has 0 aliphatic rings. The topological polar surface area (TPSA) is 45.8 Å². The number of hydrogen-bond acceptors (Lipinski definition) is 2. The average molecular weight is 188 g/mol. The van der Waals surface area contributed by atoms with Crippen molar-refractivity contribution in [1.82, 2.24) is 9.97 Å². The number of hydrogen-bond donors (Lipinski definition) is 1. The van der Waals surface area contributed by atoms with Crippen molar-refractivity contribution in [2.75, 3.05) is 0 Å². The first kappa shape index (κ1) is 6.52. The monoisotopic (exact) mass is 189 g/mol. The van der Waals surface area contributed by atoms with Crippen LogP contribution in [0, 0.1) is 6.92 Å². The van der Waals surface area contributed by atoms with E-state index in [0.717, 1.165) is 10.2 Å². The zero-order valence-corrected chi connectivity index (χ0v) is 6.55. The fourth-order valence-electron chi connectivity index (χ4n) is 0.442. The molecule has 1 aromatic heterocycles. The van der Waals surface area contributed by atoms with Crippen LogP contribution < -0.4 is 10.3 Å². The minimum atomic E-state index is -0.311. The van der Waals surface area contributed by atoms with Crippen LogP contribution in [0.5, 0.6) is 0 Å². The maximum absolute atomic E-state index is 10.5. The summed E-state index contributed by atoms with van der Waals surface area (Å²) in [5.41, 5.74) is 0.643. The summed E-state index contributed by atoms with van der Waals surface area (Å²) >= 11 is 2.72. The molecule has 1 rings (SSSR count). The first-order chi connectivity index (χ1) is 4.20. The molecule has 0 unspecified atom stereocenters. The third kappa shape index (κ3) is 1.40. The van der Waals surface area contributed by atoms with E-state index in [1.807, 2.05) is 6.92 Å². The van der Waals surface area contributed by atoms with E-state index in [-0.39, 0.29) is 5.69 Å². The van der Waals surface area contributed by atoms with Crippen LogP contribution in [0.3, 0.4) is 0 Å². The second kappa shape index (κ2) is 2.33. The quantitative estimate of drug-likeness (QED) is 0.524. The zero-order chi connectivity index (χ0) is 6.85. The van der Waals surface area contributed by atoms with Gasteiger partial charge in [0.15, 0.2) is 0 Å². The van der Waals surface area contributed by atoms with E-state index >= 15 is 0 Å². The van der Waals surface area contributed by atoms with Crippen molar-refractivity contribution in [2.24, 2.45) is 0 Å². The molecule has 0 aliphatic carbocycles. The van der Waals surface area contributed by atoms with Gasteiger partial charge in [0.25, 0.3) is 0 Å². The molecule has 0 fully saturated rings. The van der Waals surface area contributed by atoms with Crippen molar-refractivity contribution in [1.29, 1.82) is 0 Å². The summed E-state index contributed by atoms with van der Waals surface area (Å²) in [5.74, 6) is 0. The van der Waals surface area contributed by atoms with Gasteiger partial charge in [0.05, 0.1) is 0 Å². The van der Waals surface area contributed by atoms with Gasteiger partial charge in [-0.2, -0.15) is 0 Å². The van der Waals surface area contributed by atoms with Gasteiger partial charge in [-0.05, 0) is 0 Å². The van der Waals surface area contributed by atoms with Gasteiger partial charge in [0.2, 0.25) is 0 Å². The SMILES string of the molecule is Cc1cnc(=O)[nH]c1[Se]. The first-order valence-corrected chi connectivity index (χ1v) is 3.29. The molecular weight excluding hydrogens is 183 g/mol. The average Bonchev–Trinajstić information content (AvgIpc) is 1.80. The zero-order valence-electron chi connectivity index (χ0n) is 4.84. The molecule has 1 heterocycles. The molecule has 1 radical (unpaired) electrons. The minimum absolute atomic E-state index is 0.311. The molecule has 0 bridgehead atoms. The predicted octanol–water partition coefficient (Wildman–Crippen LogP) is -1.13. The van der Waals surface area contributed by atoms with Crippen LogP contribution >= 0.6 is 0 Å². The van der Waals surface area contributed by atoms with Crippen molar-refractivity contribution >= 4 is 20.6 Å². The molecular formula is C5H5N2OSe. The third-order valence-electron chi connectivity index (χ3n) is 0.954. The summed E-state index contributed by atoms with van der Waals surface area (Å²) in [6.07, 6.45) is 1.53. The second-order valence-corrected chi connectivity index (χ2v) is 2.56. The molecule has 4 heteroatoms. The van der Waals surface area contributed by atoms with E-state index in [9.17, 15) is 4.79 Å². The molecule has 0 atom stereocenters. The summed E-state index contributed by atoms with van der Waals surface area (Å²) in [5, 5.41) is 0. The van der Waals surface area contributed by atoms with Gasteiger partial charge < -0.3 is 0 Å². The molecule has 0 saturated carbocycles. The molecule has 0 saturated heterocycles. The number of nitrogens with zero attached hydrogens (tertiary/aromatic N) is 1. The van der Waals surface area contributed by atoms with Crippen molar-refractivity contribution in [2.45, 2.75) is 6.92 Å². The molecule has 47 valence electrons. The Hall–Kier alpha value is -0.601. The van der Waals surface area contributed by atoms with E-state index in [0.29, 0.717) is 0 Å². The summed E-state index contributed by atoms with van der Waals surface area (Å²) in [6.45, 7) is 1.87. The van der Waals surface area contributed by atoms with Crippen LogP contribution in [0.4, 0.5) is 0 Å². The van der Waals surface area contributed by atoms with E-state index in [1.54, 1.807) is 0 Å². The van der Waals surface area contributed by atoms with Gasteiger partial charge in [0.1, 0.15) is 0 Å². The fourth-order valence-corrected chi connectivity index (χ4v) is 0.736. The van der Waals surface area contributed by atoms with Gasteiger partial charge in [-0.3, -0.25) is 0 Å². The number of aryl methyl sites for hydroxylation is 1. The number of aromatic amines is 1. The van der Waals surface area contributed by atoms with Crippen LogP contribution in [-0.2, 0) is 0 Å². The Labute approximate surface area is 60.3 Å². The van der Waals surface area contributed by atoms with Crippen molar-refractivity contribution in [3.63, 3.8) is 0 Å². The normalized spacial score (nSPS) is 9.44. The molecule has 0 amide bonds. The summed E-state index contributed by atoms with van der Waals surface area (Å²) in [6, 6.07) is 0. The van der Waals surface area contributed by atoms with Crippen LogP contribution in [0.15, 0.2) is 11.0 Å². The Morgan fingerprint density at radius 3 is 2.89 bits per heavy atom. The van der Waals surface area contributed by atoms with E-state index in [4.69, 9.17) is 0 Å². The Kier molecular flexibility index (Phi) is 1.69.